The maximum Gasteiger partial charge on any atom is 0.234 e. The van der Waals surface area contributed by atoms with E-state index in [0.29, 0.717) is 17.4 Å². The van der Waals surface area contributed by atoms with Crippen LogP contribution in [0.15, 0.2) is 30.6 Å². The van der Waals surface area contributed by atoms with Crippen molar-refractivity contribution in [2.24, 2.45) is 0 Å². The second kappa shape index (κ2) is 9.75. The molecule has 2 atom stereocenters. The van der Waals surface area contributed by atoms with Gasteiger partial charge in [0.05, 0.1) is 19.9 Å². The van der Waals surface area contributed by atoms with Gasteiger partial charge in [-0.25, -0.2) is 9.97 Å². The van der Waals surface area contributed by atoms with Gasteiger partial charge in [0.15, 0.2) is 0 Å². The molecule has 9 heteroatoms. The Balaban J connectivity index is 1.50. The topological polar surface area (TPSA) is 95.2 Å². The number of hydrogen-bond donors (Lipinski definition) is 3. The Labute approximate surface area is 192 Å². The minimum absolute atomic E-state index is 0.0622. The van der Waals surface area contributed by atoms with Gasteiger partial charge in [-0.1, -0.05) is 11.6 Å². The molecule has 0 radical (unpaired) electrons. The molecule has 0 aromatic carbocycles. The first-order valence-electron chi connectivity index (χ1n) is 10.8. The summed E-state index contributed by atoms with van der Waals surface area (Å²) in [5.41, 5.74) is 2.71. The predicted molar refractivity (Wildman–Crippen MR) is 127 cm³/mol. The molecule has 32 heavy (non-hydrogen) atoms. The molecule has 0 bridgehead atoms. The second-order valence-corrected chi connectivity index (χ2v) is 8.93. The number of anilines is 1. The van der Waals surface area contributed by atoms with Crippen molar-refractivity contribution in [3.05, 3.63) is 35.7 Å². The lowest BCUT2D eigenvalue weighted by Gasteiger charge is -2.31. The molecule has 2 unspecified atom stereocenters. The third-order valence-electron chi connectivity index (χ3n) is 5.70. The lowest BCUT2D eigenvalue weighted by molar-refractivity contribution is -0.122. The zero-order valence-corrected chi connectivity index (χ0v) is 19.4. The zero-order chi connectivity index (χ0) is 22.7. The van der Waals surface area contributed by atoms with E-state index in [9.17, 15) is 4.79 Å². The highest BCUT2D eigenvalue weighted by Gasteiger charge is 2.24. The molecule has 170 valence electrons. The molecule has 3 N–H and O–H groups in total. The summed E-state index contributed by atoms with van der Waals surface area (Å²) in [6, 6.07) is 6.19. The molecule has 0 spiro atoms. The largest absolute Gasteiger partial charge is 0.495 e. The number of halogens is 1. The zero-order valence-electron chi connectivity index (χ0n) is 18.6. The van der Waals surface area contributed by atoms with Crippen molar-refractivity contribution in [2.45, 2.75) is 37.8 Å². The number of carbonyl (C=O) groups is 1. The summed E-state index contributed by atoms with van der Waals surface area (Å²) >= 11 is 6.38. The van der Waals surface area contributed by atoms with Gasteiger partial charge in [0.25, 0.3) is 0 Å². The molecule has 3 heterocycles. The summed E-state index contributed by atoms with van der Waals surface area (Å²) in [6.07, 6.45) is 7.53. The Morgan fingerprint density at radius 1 is 1.28 bits per heavy atom. The Bertz CT molecular complexity index is 1100. The molecule has 8 nitrogen and oxygen atoms in total. The maximum atomic E-state index is 12.1. The number of rotatable bonds is 7. The van der Waals surface area contributed by atoms with Crippen molar-refractivity contribution < 1.29 is 9.53 Å². The van der Waals surface area contributed by atoms with Crippen LogP contribution in [0.1, 0.15) is 25.7 Å². The molecular formula is C23H29ClN6O2. The number of pyridine rings is 2. The first-order chi connectivity index (χ1) is 15.4. The third kappa shape index (κ3) is 5.31. The fraction of sp³-hybridized carbons (Fsp3) is 0.435. The molecule has 1 aliphatic carbocycles. The Morgan fingerprint density at radius 3 is 2.88 bits per heavy atom. The molecule has 3 aromatic heterocycles. The van der Waals surface area contributed by atoms with Crippen molar-refractivity contribution in [1.29, 1.82) is 0 Å². The Hall–Kier alpha value is -2.84. The lowest BCUT2D eigenvalue weighted by atomic mass is 9.91. The average molecular weight is 457 g/mol. The van der Waals surface area contributed by atoms with Crippen LogP contribution in [0.4, 0.5) is 5.82 Å². The van der Waals surface area contributed by atoms with E-state index in [1.807, 2.05) is 43.4 Å². The van der Waals surface area contributed by atoms with Gasteiger partial charge in [-0.05, 0) is 63.5 Å². The van der Waals surface area contributed by atoms with Crippen LogP contribution in [0.5, 0.6) is 5.75 Å². The van der Waals surface area contributed by atoms with Gasteiger partial charge in [0.1, 0.15) is 22.4 Å². The van der Waals surface area contributed by atoms with E-state index in [1.54, 1.807) is 13.3 Å². The van der Waals surface area contributed by atoms with Gasteiger partial charge in [-0.2, -0.15) is 0 Å². The van der Waals surface area contributed by atoms with Gasteiger partial charge < -0.3 is 25.3 Å². The standard InChI is InChI=1S/C23H29ClN6O2/c1-30(2)13-22(31)28-16-6-4-5-15(9-16)27-21-8-14(7-20(24)29-21)19-12-26-23-18(19)10-17(32-3)11-25-23/h7-8,10-12,15-16H,4-6,9,13H2,1-3H3,(H,25,26)(H,27,29)(H,28,31). The fourth-order valence-electron chi connectivity index (χ4n) is 4.28. The summed E-state index contributed by atoms with van der Waals surface area (Å²) in [6.45, 7) is 0.401. The number of amides is 1. The van der Waals surface area contributed by atoms with Crippen LogP contribution in [0.3, 0.4) is 0 Å². The molecule has 4 rings (SSSR count). The first-order valence-corrected chi connectivity index (χ1v) is 11.2. The summed E-state index contributed by atoms with van der Waals surface area (Å²) in [4.78, 5) is 26.1. The average Bonchev–Trinajstić information content (AvgIpc) is 3.16. The van der Waals surface area contributed by atoms with Crippen LogP contribution in [-0.2, 0) is 4.79 Å². The molecular weight excluding hydrogens is 428 g/mol. The summed E-state index contributed by atoms with van der Waals surface area (Å²) in [5, 5.41) is 8.06. The van der Waals surface area contributed by atoms with Crippen LogP contribution in [0, 0.1) is 0 Å². The van der Waals surface area contributed by atoms with Crippen molar-refractivity contribution in [1.82, 2.24) is 25.2 Å². The van der Waals surface area contributed by atoms with E-state index < -0.39 is 0 Å². The van der Waals surface area contributed by atoms with Gasteiger partial charge in [0.2, 0.25) is 5.91 Å². The number of carbonyl (C=O) groups excluding carboxylic acids is 1. The Kier molecular flexibility index (Phi) is 6.81. The number of H-pyrrole nitrogens is 1. The van der Waals surface area contributed by atoms with Crippen molar-refractivity contribution in [3.63, 3.8) is 0 Å². The minimum atomic E-state index is 0.0622. The van der Waals surface area contributed by atoms with Gasteiger partial charge >= 0.3 is 0 Å². The van der Waals surface area contributed by atoms with Crippen molar-refractivity contribution >= 4 is 34.4 Å². The van der Waals surface area contributed by atoms with Gasteiger partial charge in [-0.15, -0.1) is 0 Å². The molecule has 1 fully saturated rings. The van der Waals surface area contributed by atoms with Crippen molar-refractivity contribution in [2.75, 3.05) is 33.1 Å². The lowest BCUT2D eigenvalue weighted by Crippen LogP contribution is -2.44. The van der Waals surface area contributed by atoms with Crippen molar-refractivity contribution in [3.8, 4) is 16.9 Å². The molecule has 0 aliphatic heterocycles. The third-order valence-corrected chi connectivity index (χ3v) is 5.89. The molecule has 1 saturated carbocycles. The van der Waals surface area contributed by atoms with E-state index in [-0.39, 0.29) is 18.0 Å². The fourth-order valence-corrected chi connectivity index (χ4v) is 4.49. The summed E-state index contributed by atoms with van der Waals surface area (Å²) < 4.78 is 5.33. The van der Waals surface area contributed by atoms with Crippen LogP contribution in [-0.4, -0.2) is 65.6 Å². The minimum Gasteiger partial charge on any atom is -0.495 e. The highest BCUT2D eigenvalue weighted by molar-refractivity contribution is 6.29. The van der Waals surface area contributed by atoms with Gasteiger partial charge in [-0.3, -0.25) is 4.79 Å². The molecule has 1 aliphatic rings. The number of ether oxygens (including phenoxy) is 1. The van der Waals surface area contributed by atoms with E-state index in [1.165, 1.54) is 0 Å². The van der Waals surface area contributed by atoms with Crippen LogP contribution < -0.4 is 15.4 Å². The molecule has 1 amide bonds. The summed E-state index contributed by atoms with van der Waals surface area (Å²) in [7, 11) is 5.42. The van der Waals surface area contributed by atoms with E-state index in [4.69, 9.17) is 16.3 Å². The summed E-state index contributed by atoms with van der Waals surface area (Å²) in [5.74, 6) is 1.48. The SMILES string of the molecule is COc1cnc2[nH]cc(-c3cc(Cl)nc(NC4CCCC(NC(=O)CN(C)C)C4)c3)c2c1. The highest BCUT2D eigenvalue weighted by Crippen LogP contribution is 2.33. The Morgan fingerprint density at radius 2 is 2.09 bits per heavy atom. The van der Waals surface area contributed by atoms with Crippen LogP contribution in [0.2, 0.25) is 5.15 Å². The van der Waals surface area contributed by atoms with E-state index in [2.05, 4.69) is 25.6 Å². The predicted octanol–water partition coefficient (Wildman–Crippen LogP) is 3.69. The quantitative estimate of drug-likeness (QED) is 0.469. The number of hydrogen-bond acceptors (Lipinski definition) is 6. The number of aromatic nitrogens is 3. The molecule has 0 saturated heterocycles. The number of nitrogens with zero attached hydrogens (tertiary/aromatic N) is 3. The number of fused-ring (bicyclic) bond motifs is 1. The van der Waals surface area contributed by atoms with Crippen LogP contribution >= 0.6 is 11.6 Å². The molecule has 3 aromatic rings. The smallest absolute Gasteiger partial charge is 0.234 e. The highest BCUT2D eigenvalue weighted by atomic mass is 35.5. The maximum absolute atomic E-state index is 12.1. The second-order valence-electron chi connectivity index (χ2n) is 8.55. The normalized spacial score (nSPS) is 18.7. The monoisotopic (exact) mass is 456 g/mol. The van der Waals surface area contributed by atoms with Gasteiger partial charge in [0, 0.05) is 29.2 Å². The number of aromatic amines is 1. The van der Waals surface area contributed by atoms with E-state index >= 15 is 0 Å². The van der Waals surface area contributed by atoms with E-state index in [0.717, 1.165) is 53.7 Å². The number of likely N-dealkylation sites (N-methyl/N-ethyl adjacent to an activating group) is 1. The number of nitrogens with one attached hydrogen (secondary N) is 3. The van der Waals surface area contributed by atoms with Crippen LogP contribution in [0.25, 0.3) is 22.2 Å². The first kappa shape index (κ1) is 22.4. The number of methoxy groups -OCH3 is 1.